The Labute approximate surface area is 158 Å². The predicted molar refractivity (Wildman–Crippen MR) is 98.0 cm³/mol. The molecule has 0 spiro atoms. The van der Waals surface area contributed by atoms with Crippen LogP contribution in [0.3, 0.4) is 0 Å². The highest BCUT2D eigenvalue weighted by Crippen LogP contribution is 2.32. The molecular weight excluding hydrogens is 402 g/mol. The summed E-state index contributed by atoms with van der Waals surface area (Å²) in [5, 5.41) is 13.4. The van der Waals surface area contributed by atoms with E-state index in [4.69, 9.17) is 11.6 Å². The van der Waals surface area contributed by atoms with Gasteiger partial charge in [0, 0.05) is 24.4 Å². The van der Waals surface area contributed by atoms with E-state index < -0.39 is 26.9 Å². The average Bonchev–Trinajstić information content (AvgIpc) is 3.24. The van der Waals surface area contributed by atoms with Gasteiger partial charge < -0.3 is 5.32 Å². The van der Waals surface area contributed by atoms with Gasteiger partial charge in [-0.05, 0) is 31.0 Å². The number of nitrogens with zero attached hydrogens (tertiary/aromatic N) is 2. The van der Waals surface area contributed by atoms with E-state index in [0.29, 0.717) is 17.2 Å². The van der Waals surface area contributed by atoms with Gasteiger partial charge in [-0.2, -0.15) is 4.31 Å². The van der Waals surface area contributed by atoms with Gasteiger partial charge in [0.15, 0.2) is 0 Å². The normalized spacial score (nSPS) is 18.0. The lowest BCUT2D eigenvalue weighted by atomic mass is 10.2. The lowest BCUT2D eigenvalue weighted by molar-refractivity contribution is -0.384. The van der Waals surface area contributed by atoms with E-state index >= 15 is 0 Å². The van der Waals surface area contributed by atoms with Gasteiger partial charge in [0.2, 0.25) is 5.91 Å². The third kappa shape index (κ3) is 3.73. The second kappa shape index (κ2) is 7.31. The SMILES string of the molecule is O=C(Nc1cccc([N+](=O)[O-])c1)[C@H]1CCCN1S(=O)(=O)c1ccc(Cl)s1. The zero-order chi connectivity index (χ0) is 18.9. The van der Waals surface area contributed by atoms with Gasteiger partial charge in [-0.1, -0.05) is 17.7 Å². The molecule has 1 saturated heterocycles. The number of carbonyl (C=O) groups excluding carboxylic acids is 1. The first-order chi connectivity index (χ1) is 12.3. The lowest BCUT2D eigenvalue weighted by Crippen LogP contribution is -2.42. The number of hydrogen-bond donors (Lipinski definition) is 1. The molecule has 1 aliphatic heterocycles. The Morgan fingerprint density at radius 1 is 1.35 bits per heavy atom. The number of non-ortho nitro benzene ring substituents is 1. The Hall–Kier alpha value is -2.01. The summed E-state index contributed by atoms with van der Waals surface area (Å²) >= 11 is 6.75. The van der Waals surface area contributed by atoms with Gasteiger partial charge in [-0.15, -0.1) is 11.3 Å². The van der Waals surface area contributed by atoms with Crippen molar-refractivity contribution < 1.29 is 18.1 Å². The predicted octanol–water partition coefficient (Wildman–Crippen LogP) is 3.10. The maximum Gasteiger partial charge on any atom is 0.271 e. The number of amides is 1. The third-order valence-corrected chi connectivity index (χ3v) is 7.55. The quantitative estimate of drug-likeness (QED) is 0.596. The molecule has 1 atom stereocenters. The van der Waals surface area contributed by atoms with Crippen LogP contribution in [0.25, 0.3) is 0 Å². The number of hydrogen-bond acceptors (Lipinski definition) is 6. The molecular formula is C15H14ClN3O5S2. The van der Waals surface area contributed by atoms with Crippen LogP contribution in [0.2, 0.25) is 4.34 Å². The summed E-state index contributed by atoms with van der Waals surface area (Å²) in [6, 6.07) is 7.53. The molecule has 1 aliphatic rings. The van der Waals surface area contributed by atoms with Crippen LogP contribution in [0.4, 0.5) is 11.4 Å². The van der Waals surface area contributed by atoms with Crippen molar-refractivity contribution in [2.75, 3.05) is 11.9 Å². The van der Waals surface area contributed by atoms with Gasteiger partial charge in [-0.3, -0.25) is 14.9 Å². The Bertz CT molecular complexity index is 960. The van der Waals surface area contributed by atoms with Crippen molar-refractivity contribution >= 4 is 50.2 Å². The van der Waals surface area contributed by atoms with Gasteiger partial charge in [0.05, 0.1) is 9.26 Å². The number of rotatable bonds is 5. The molecule has 0 aliphatic carbocycles. The van der Waals surface area contributed by atoms with E-state index in [9.17, 15) is 23.3 Å². The minimum atomic E-state index is -3.83. The zero-order valence-corrected chi connectivity index (χ0v) is 15.7. The molecule has 8 nitrogen and oxygen atoms in total. The number of benzene rings is 1. The average molecular weight is 416 g/mol. The van der Waals surface area contributed by atoms with Gasteiger partial charge in [-0.25, -0.2) is 8.42 Å². The van der Waals surface area contributed by atoms with Gasteiger partial charge in [0.25, 0.3) is 15.7 Å². The van der Waals surface area contributed by atoms with Crippen LogP contribution < -0.4 is 5.32 Å². The summed E-state index contributed by atoms with van der Waals surface area (Å²) in [6.07, 6.45) is 0.921. The molecule has 1 N–H and O–H groups in total. The summed E-state index contributed by atoms with van der Waals surface area (Å²) in [5.74, 6) is -0.519. The summed E-state index contributed by atoms with van der Waals surface area (Å²) in [6.45, 7) is 0.227. The fourth-order valence-electron chi connectivity index (χ4n) is 2.76. The van der Waals surface area contributed by atoms with Crippen LogP contribution in [0.1, 0.15) is 12.8 Å². The summed E-state index contributed by atoms with van der Waals surface area (Å²) in [5.41, 5.74) is 0.0829. The highest BCUT2D eigenvalue weighted by molar-refractivity contribution is 7.91. The number of thiophene rings is 1. The number of nitro groups is 1. The van der Waals surface area contributed by atoms with Crippen LogP contribution in [-0.4, -0.2) is 36.1 Å². The fraction of sp³-hybridized carbons (Fsp3) is 0.267. The summed E-state index contributed by atoms with van der Waals surface area (Å²) in [7, 11) is -3.83. The van der Waals surface area contributed by atoms with E-state index in [1.165, 1.54) is 36.4 Å². The van der Waals surface area contributed by atoms with E-state index in [1.54, 1.807) is 0 Å². The fourth-order valence-corrected chi connectivity index (χ4v) is 6.03. The second-order valence-electron chi connectivity index (χ2n) is 5.63. The molecule has 2 heterocycles. The van der Waals surface area contributed by atoms with Crippen LogP contribution in [0, 0.1) is 10.1 Å². The summed E-state index contributed by atoms with van der Waals surface area (Å²) < 4.78 is 27.1. The minimum Gasteiger partial charge on any atom is -0.324 e. The number of halogens is 1. The first kappa shape index (κ1) is 18.8. The van der Waals surface area contributed by atoms with E-state index in [2.05, 4.69) is 5.32 Å². The van der Waals surface area contributed by atoms with Crippen molar-refractivity contribution in [2.45, 2.75) is 23.1 Å². The standard InChI is InChI=1S/C15H14ClN3O5S2/c16-13-6-7-14(25-13)26(23,24)18-8-2-5-12(18)15(20)17-10-3-1-4-11(9-10)19(21)22/h1,3-4,6-7,9,12H,2,5,8H2,(H,17,20)/t12-/m1/s1. The number of carbonyl (C=O) groups is 1. The van der Waals surface area contributed by atoms with E-state index in [1.807, 2.05) is 0 Å². The van der Waals surface area contributed by atoms with Crippen molar-refractivity contribution in [1.82, 2.24) is 4.31 Å². The Kier molecular flexibility index (Phi) is 5.28. The molecule has 138 valence electrons. The first-order valence-electron chi connectivity index (χ1n) is 7.61. The zero-order valence-electron chi connectivity index (χ0n) is 13.3. The van der Waals surface area contributed by atoms with Crippen molar-refractivity contribution in [3.8, 4) is 0 Å². The van der Waals surface area contributed by atoms with Crippen molar-refractivity contribution in [3.63, 3.8) is 0 Å². The van der Waals surface area contributed by atoms with E-state index in [0.717, 1.165) is 15.6 Å². The Balaban J connectivity index is 1.80. The molecule has 11 heteroatoms. The second-order valence-corrected chi connectivity index (χ2v) is 9.46. The lowest BCUT2D eigenvalue weighted by Gasteiger charge is -2.22. The molecule has 0 radical (unpaired) electrons. The number of sulfonamides is 1. The van der Waals surface area contributed by atoms with Crippen LogP contribution in [-0.2, 0) is 14.8 Å². The molecule has 0 saturated carbocycles. The highest BCUT2D eigenvalue weighted by atomic mass is 35.5. The van der Waals surface area contributed by atoms with E-state index in [-0.39, 0.29) is 22.1 Å². The first-order valence-corrected chi connectivity index (χ1v) is 10.2. The Morgan fingerprint density at radius 2 is 2.12 bits per heavy atom. The van der Waals surface area contributed by atoms with Crippen LogP contribution >= 0.6 is 22.9 Å². The molecule has 1 aromatic carbocycles. The summed E-state index contributed by atoms with van der Waals surface area (Å²) in [4.78, 5) is 22.8. The van der Waals surface area contributed by atoms with Crippen LogP contribution in [0.15, 0.2) is 40.6 Å². The third-order valence-electron chi connectivity index (χ3n) is 3.94. The molecule has 0 unspecified atom stereocenters. The molecule has 1 aromatic heterocycles. The monoisotopic (exact) mass is 415 g/mol. The van der Waals surface area contributed by atoms with Crippen molar-refractivity contribution in [1.29, 1.82) is 0 Å². The van der Waals surface area contributed by atoms with Crippen molar-refractivity contribution in [3.05, 3.63) is 50.8 Å². The molecule has 3 rings (SSSR count). The number of nitro benzene ring substituents is 1. The maximum atomic E-state index is 12.8. The molecule has 0 bridgehead atoms. The van der Waals surface area contributed by atoms with Crippen molar-refractivity contribution in [2.24, 2.45) is 0 Å². The highest BCUT2D eigenvalue weighted by Gasteiger charge is 2.40. The smallest absolute Gasteiger partial charge is 0.271 e. The molecule has 26 heavy (non-hydrogen) atoms. The largest absolute Gasteiger partial charge is 0.324 e. The van der Waals surface area contributed by atoms with Gasteiger partial charge in [0.1, 0.15) is 10.3 Å². The molecule has 1 amide bonds. The maximum absolute atomic E-state index is 12.8. The van der Waals surface area contributed by atoms with Crippen LogP contribution in [0.5, 0.6) is 0 Å². The number of anilines is 1. The molecule has 1 fully saturated rings. The minimum absolute atomic E-state index is 0.0811. The number of nitrogens with one attached hydrogen (secondary N) is 1. The van der Waals surface area contributed by atoms with Gasteiger partial charge >= 0.3 is 0 Å². The topological polar surface area (TPSA) is 110 Å². The Morgan fingerprint density at radius 3 is 2.77 bits per heavy atom. The molecule has 2 aromatic rings.